The van der Waals surface area contributed by atoms with Crippen molar-refractivity contribution in [3.63, 3.8) is 0 Å². The van der Waals surface area contributed by atoms with Crippen LogP contribution in [0.5, 0.6) is 0 Å². The lowest BCUT2D eigenvalue weighted by atomic mass is 10.2. The Hall–Kier alpha value is -0.313. The fourth-order valence-corrected chi connectivity index (χ4v) is 3.06. The second-order valence-corrected chi connectivity index (χ2v) is 9.21. The molecule has 0 atom stereocenters. The first-order valence-corrected chi connectivity index (χ1v) is 8.90. The zero-order valence-electron chi connectivity index (χ0n) is 9.50. The van der Waals surface area contributed by atoms with Gasteiger partial charge >= 0.3 is 0 Å². The van der Waals surface area contributed by atoms with Crippen LogP contribution >= 0.6 is 11.1 Å². The molecule has 1 aromatic carbocycles. The molecule has 0 N–H and O–H groups in total. The maximum Gasteiger partial charge on any atom is 0.289 e. The second-order valence-electron chi connectivity index (χ2n) is 3.67. The Morgan fingerprint density at radius 3 is 2.27 bits per heavy atom. The molecule has 3 heteroatoms. The molecule has 0 saturated heterocycles. The highest BCUT2D eigenvalue weighted by molar-refractivity contribution is 7.16. The van der Waals surface area contributed by atoms with Gasteiger partial charge in [-0.2, -0.15) is 0 Å². The Bertz CT molecular complexity index is 272. The first-order chi connectivity index (χ1) is 7.20. The molecule has 84 valence electrons. The van der Waals surface area contributed by atoms with Crippen LogP contribution in [-0.2, 0) is 10.8 Å². The van der Waals surface area contributed by atoms with Gasteiger partial charge < -0.3 is 4.43 Å². The molecular weight excluding hydrogens is 224 g/mol. The van der Waals surface area contributed by atoms with E-state index in [0.29, 0.717) is 0 Å². The number of benzene rings is 1. The van der Waals surface area contributed by atoms with Gasteiger partial charge in [-0.25, -0.2) is 0 Å². The summed E-state index contributed by atoms with van der Waals surface area (Å²) in [6, 6.07) is 12.4. The predicted octanol–water partition coefficient (Wildman–Crippen LogP) is 3.97. The minimum absolute atomic E-state index is 0.751. The Labute approximate surface area is 98.2 Å². The molecule has 15 heavy (non-hydrogen) atoms. The van der Waals surface area contributed by atoms with E-state index in [4.69, 9.17) is 15.5 Å². The quantitative estimate of drug-likeness (QED) is 0.542. The van der Waals surface area contributed by atoms with Crippen molar-refractivity contribution in [1.29, 1.82) is 0 Å². The average Bonchev–Trinajstić information content (AvgIpc) is 2.30. The van der Waals surface area contributed by atoms with Gasteiger partial charge in [-0.3, -0.25) is 0 Å². The molecule has 0 spiro atoms. The molecular formula is C12H19ClOSi. The van der Waals surface area contributed by atoms with Crippen LogP contribution < -0.4 is 0 Å². The topological polar surface area (TPSA) is 9.23 Å². The molecule has 1 nitrogen and oxygen atoms in total. The van der Waals surface area contributed by atoms with Crippen molar-refractivity contribution < 1.29 is 4.43 Å². The van der Waals surface area contributed by atoms with Crippen LogP contribution in [0, 0.1) is 0 Å². The molecule has 0 aromatic heterocycles. The molecule has 0 aliphatic carbocycles. The molecule has 0 aliphatic rings. The lowest BCUT2D eigenvalue weighted by molar-refractivity contribution is 0.317. The highest BCUT2D eigenvalue weighted by Crippen LogP contribution is 2.21. The van der Waals surface area contributed by atoms with E-state index in [2.05, 4.69) is 38.1 Å². The molecule has 1 rings (SSSR count). The first kappa shape index (κ1) is 12.8. The minimum Gasteiger partial charge on any atom is -0.403 e. The fourth-order valence-electron chi connectivity index (χ4n) is 1.45. The molecule has 0 unspecified atom stereocenters. The van der Waals surface area contributed by atoms with Crippen molar-refractivity contribution in [2.24, 2.45) is 0 Å². The van der Waals surface area contributed by atoms with Gasteiger partial charge in [0.25, 0.3) is 7.63 Å². The van der Waals surface area contributed by atoms with Gasteiger partial charge in [0.2, 0.25) is 0 Å². The number of hydrogen-bond donors (Lipinski definition) is 0. The summed E-state index contributed by atoms with van der Waals surface area (Å²) in [5.74, 6) is 0. The Balaban J connectivity index is 2.33. The van der Waals surface area contributed by atoms with Gasteiger partial charge in [-0.05, 0) is 24.1 Å². The van der Waals surface area contributed by atoms with Gasteiger partial charge in [0, 0.05) is 6.61 Å². The van der Waals surface area contributed by atoms with E-state index in [1.807, 2.05) is 6.07 Å². The number of halogens is 1. The van der Waals surface area contributed by atoms with Crippen molar-refractivity contribution in [3.05, 3.63) is 35.9 Å². The molecule has 0 amide bonds. The summed E-state index contributed by atoms with van der Waals surface area (Å²) in [5.41, 5.74) is 1.32. The highest BCUT2D eigenvalue weighted by Gasteiger charge is 2.27. The first-order valence-electron chi connectivity index (χ1n) is 5.57. The van der Waals surface area contributed by atoms with Crippen LogP contribution in [0.4, 0.5) is 0 Å². The molecule has 0 aliphatic heterocycles. The summed E-state index contributed by atoms with van der Waals surface area (Å²) in [7, 11) is -1.88. The van der Waals surface area contributed by atoms with Gasteiger partial charge in [0.15, 0.2) is 0 Å². The summed E-state index contributed by atoms with van der Waals surface area (Å²) >= 11 is 6.39. The fraction of sp³-hybridized carbons (Fsp3) is 0.500. The minimum atomic E-state index is -1.88. The van der Waals surface area contributed by atoms with E-state index in [-0.39, 0.29) is 0 Å². The van der Waals surface area contributed by atoms with Gasteiger partial charge in [-0.1, -0.05) is 44.2 Å². The third kappa shape index (κ3) is 4.37. The van der Waals surface area contributed by atoms with Crippen molar-refractivity contribution >= 4 is 18.7 Å². The molecule has 0 bridgehead atoms. The van der Waals surface area contributed by atoms with Crippen molar-refractivity contribution in [2.45, 2.75) is 32.4 Å². The zero-order chi connectivity index (χ0) is 11.1. The van der Waals surface area contributed by atoms with E-state index in [1.54, 1.807) is 0 Å². The maximum absolute atomic E-state index is 6.39. The van der Waals surface area contributed by atoms with E-state index < -0.39 is 7.63 Å². The maximum atomic E-state index is 6.39. The lowest BCUT2D eigenvalue weighted by Gasteiger charge is -2.21. The largest absolute Gasteiger partial charge is 0.403 e. The third-order valence-electron chi connectivity index (χ3n) is 2.65. The SMILES string of the molecule is CC[Si](Cl)(CC)OCCc1ccccc1. The van der Waals surface area contributed by atoms with Gasteiger partial charge in [-0.15, -0.1) is 11.1 Å². The van der Waals surface area contributed by atoms with Crippen molar-refractivity contribution in [3.8, 4) is 0 Å². The zero-order valence-corrected chi connectivity index (χ0v) is 11.3. The summed E-state index contributed by atoms with van der Waals surface area (Å²) in [6.07, 6.45) is 0.961. The Kier molecular flexibility index (Phi) is 5.36. The Morgan fingerprint density at radius 1 is 1.13 bits per heavy atom. The van der Waals surface area contributed by atoms with Crippen molar-refractivity contribution in [1.82, 2.24) is 0 Å². The molecule has 0 radical (unpaired) electrons. The summed E-state index contributed by atoms with van der Waals surface area (Å²) in [5, 5.41) is 0. The predicted molar refractivity (Wildman–Crippen MR) is 68.7 cm³/mol. The molecule has 0 fully saturated rings. The Morgan fingerprint density at radius 2 is 1.73 bits per heavy atom. The molecule has 1 aromatic rings. The monoisotopic (exact) mass is 242 g/mol. The van der Waals surface area contributed by atoms with E-state index >= 15 is 0 Å². The van der Waals surface area contributed by atoms with E-state index in [9.17, 15) is 0 Å². The summed E-state index contributed by atoms with van der Waals surface area (Å²) in [6.45, 7) is 4.98. The smallest absolute Gasteiger partial charge is 0.289 e. The standard InChI is InChI=1S/C12H19ClOSi/c1-3-15(13,4-2)14-11-10-12-8-6-5-7-9-12/h5-9H,3-4,10-11H2,1-2H3. The van der Waals surface area contributed by atoms with Crippen LogP contribution in [0.3, 0.4) is 0 Å². The second kappa shape index (κ2) is 6.31. The number of hydrogen-bond acceptors (Lipinski definition) is 1. The normalized spacial score (nSPS) is 11.7. The van der Waals surface area contributed by atoms with E-state index in [1.165, 1.54) is 5.56 Å². The summed E-state index contributed by atoms with van der Waals surface area (Å²) in [4.78, 5) is 0. The summed E-state index contributed by atoms with van der Waals surface area (Å²) < 4.78 is 5.84. The lowest BCUT2D eigenvalue weighted by Crippen LogP contribution is -2.30. The van der Waals surface area contributed by atoms with E-state index in [0.717, 1.165) is 25.1 Å². The van der Waals surface area contributed by atoms with Crippen LogP contribution in [0.1, 0.15) is 19.4 Å². The third-order valence-corrected chi connectivity index (χ3v) is 7.41. The van der Waals surface area contributed by atoms with Crippen LogP contribution in [-0.4, -0.2) is 14.2 Å². The van der Waals surface area contributed by atoms with Gasteiger partial charge in [0.1, 0.15) is 0 Å². The van der Waals surface area contributed by atoms with Crippen molar-refractivity contribution in [2.75, 3.05) is 6.61 Å². The van der Waals surface area contributed by atoms with Crippen LogP contribution in [0.15, 0.2) is 30.3 Å². The molecule has 0 saturated carbocycles. The number of rotatable bonds is 6. The van der Waals surface area contributed by atoms with Crippen LogP contribution in [0.25, 0.3) is 0 Å². The van der Waals surface area contributed by atoms with Crippen LogP contribution in [0.2, 0.25) is 12.1 Å². The van der Waals surface area contributed by atoms with Gasteiger partial charge in [0.05, 0.1) is 0 Å². The molecule has 0 heterocycles. The average molecular weight is 243 g/mol. The highest BCUT2D eigenvalue weighted by atomic mass is 35.6.